The number of nitro groups is 1. The van der Waals surface area contributed by atoms with Gasteiger partial charge in [0, 0.05) is 6.07 Å². The van der Waals surface area contributed by atoms with Gasteiger partial charge in [-0.1, -0.05) is 23.7 Å². The van der Waals surface area contributed by atoms with E-state index in [4.69, 9.17) is 16.3 Å². The summed E-state index contributed by atoms with van der Waals surface area (Å²) in [5, 5.41) is 23.1. The van der Waals surface area contributed by atoms with Gasteiger partial charge in [0.1, 0.15) is 0 Å². The van der Waals surface area contributed by atoms with Gasteiger partial charge in [-0.05, 0) is 48.2 Å². The molecule has 1 aliphatic heterocycles. The van der Waals surface area contributed by atoms with E-state index in [1.165, 1.54) is 12.1 Å². The summed E-state index contributed by atoms with van der Waals surface area (Å²) in [6, 6.07) is 10.8. The Morgan fingerprint density at radius 2 is 1.73 bits per heavy atom. The van der Waals surface area contributed by atoms with Crippen LogP contribution >= 0.6 is 11.6 Å². The van der Waals surface area contributed by atoms with Gasteiger partial charge in [-0.15, -0.1) is 0 Å². The van der Waals surface area contributed by atoms with Crippen molar-refractivity contribution in [3.63, 3.8) is 0 Å². The fourth-order valence-corrected chi connectivity index (χ4v) is 3.79. The molecule has 0 aliphatic carbocycles. The van der Waals surface area contributed by atoms with Crippen LogP contribution in [0.3, 0.4) is 0 Å². The molecule has 0 fully saturated rings. The third-order valence-electron chi connectivity index (χ3n) is 5.10. The minimum absolute atomic E-state index is 0.000714. The lowest BCUT2D eigenvalue weighted by molar-refractivity contribution is -0.384. The Kier molecular flexibility index (Phi) is 5.62. The average molecular weight is 479 g/mol. The number of aryl methyl sites for hydroxylation is 2. The number of aromatic carboxylic acids is 1. The number of rotatable bonds is 5. The number of non-ortho nitro benzene ring substituents is 1. The second kappa shape index (κ2) is 8.28. The molecular weight excluding hydrogens is 465 g/mol. The standard InChI is InChI=1S/C22H14ClF3N2O5/c23-16-7-11(3-5-15(16)22(24,25)26)1-2-12-4-6-17-18(8-12)33-19-10-13(28(31)32)9-14(21(29)30)20(19)27-17/h3-10,27H,1-2H2,(H,29,30). The van der Waals surface area contributed by atoms with Crippen molar-refractivity contribution < 1.29 is 32.7 Å². The molecule has 0 bridgehead atoms. The maximum absolute atomic E-state index is 12.9. The molecule has 0 saturated heterocycles. The van der Waals surface area contributed by atoms with Gasteiger partial charge < -0.3 is 15.2 Å². The molecule has 7 nitrogen and oxygen atoms in total. The van der Waals surface area contributed by atoms with E-state index in [-0.39, 0.29) is 22.0 Å². The van der Waals surface area contributed by atoms with Crippen molar-refractivity contribution in [3.8, 4) is 11.5 Å². The van der Waals surface area contributed by atoms with Crippen LogP contribution in [0.5, 0.6) is 11.5 Å². The van der Waals surface area contributed by atoms with Crippen LogP contribution < -0.4 is 10.1 Å². The molecule has 33 heavy (non-hydrogen) atoms. The lowest BCUT2D eigenvalue weighted by Gasteiger charge is -2.23. The first-order valence-corrected chi connectivity index (χ1v) is 9.90. The Hall–Kier alpha value is -3.79. The predicted octanol–water partition coefficient (Wildman–Crippen LogP) is 6.60. The number of hydrogen-bond donors (Lipinski definition) is 2. The number of hydrogen-bond acceptors (Lipinski definition) is 5. The number of halogens is 4. The number of nitrogens with zero attached hydrogens (tertiary/aromatic N) is 1. The Bertz CT molecular complexity index is 1290. The highest BCUT2D eigenvalue weighted by molar-refractivity contribution is 6.31. The lowest BCUT2D eigenvalue weighted by atomic mass is 10.0. The van der Waals surface area contributed by atoms with Crippen LogP contribution in [-0.4, -0.2) is 16.0 Å². The van der Waals surface area contributed by atoms with Gasteiger partial charge in [-0.25, -0.2) is 4.79 Å². The van der Waals surface area contributed by atoms with Crippen molar-refractivity contribution in [2.75, 3.05) is 5.32 Å². The van der Waals surface area contributed by atoms with E-state index in [9.17, 15) is 33.2 Å². The maximum atomic E-state index is 12.9. The summed E-state index contributed by atoms with van der Waals surface area (Å²) in [5.74, 6) is -1.01. The van der Waals surface area contributed by atoms with E-state index in [2.05, 4.69) is 5.32 Å². The molecule has 0 saturated carbocycles. The first kappa shape index (κ1) is 22.4. The molecule has 0 amide bonds. The van der Waals surface area contributed by atoms with E-state index in [1.807, 2.05) is 0 Å². The summed E-state index contributed by atoms with van der Waals surface area (Å²) in [4.78, 5) is 22.0. The zero-order chi connectivity index (χ0) is 23.9. The maximum Gasteiger partial charge on any atom is 0.417 e. The number of nitrogens with one attached hydrogen (secondary N) is 1. The van der Waals surface area contributed by atoms with Crippen molar-refractivity contribution in [2.24, 2.45) is 0 Å². The molecule has 1 aliphatic rings. The molecular formula is C22H14ClF3N2O5. The third-order valence-corrected chi connectivity index (χ3v) is 5.41. The number of carboxylic acids is 1. The Morgan fingerprint density at radius 3 is 2.33 bits per heavy atom. The first-order chi connectivity index (χ1) is 15.5. The van der Waals surface area contributed by atoms with Crippen molar-refractivity contribution in [3.05, 3.63) is 85.9 Å². The molecule has 0 radical (unpaired) electrons. The van der Waals surface area contributed by atoms with Gasteiger partial charge in [-0.3, -0.25) is 10.1 Å². The van der Waals surface area contributed by atoms with E-state index in [0.717, 1.165) is 23.8 Å². The smallest absolute Gasteiger partial charge is 0.417 e. The number of benzene rings is 3. The van der Waals surface area contributed by atoms with Gasteiger partial charge in [0.15, 0.2) is 11.5 Å². The Morgan fingerprint density at radius 1 is 1.06 bits per heavy atom. The van der Waals surface area contributed by atoms with Crippen LogP contribution in [0, 0.1) is 10.1 Å². The summed E-state index contributed by atoms with van der Waals surface area (Å²) in [6.45, 7) is 0. The summed E-state index contributed by atoms with van der Waals surface area (Å²) >= 11 is 5.77. The van der Waals surface area contributed by atoms with Gasteiger partial charge in [0.25, 0.3) is 5.69 Å². The molecule has 0 unspecified atom stereocenters. The zero-order valence-electron chi connectivity index (χ0n) is 16.6. The largest absolute Gasteiger partial charge is 0.478 e. The zero-order valence-corrected chi connectivity index (χ0v) is 17.3. The molecule has 3 aromatic rings. The summed E-state index contributed by atoms with van der Waals surface area (Å²) in [6.07, 6.45) is -3.65. The quantitative estimate of drug-likeness (QED) is 0.247. The molecule has 0 aromatic heterocycles. The normalized spacial score (nSPS) is 12.2. The molecule has 4 rings (SSSR count). The Balaban J connectivity index is 1.56. The van der Waals surface area contributed by atoms with Crippen LogP contribution in [-0.2, 0) is 19.0 Å². The molecule has 0 atom stereocenters. The second-order valence-corrected chi connectivity index (χ2v) is 7.71. The Labute approximate surface area is 189 Å². The number of nitro benzene ring substituents is 1. The number of ether oxygens (including phenoxy) is 1. The molecule has 2 N–H and O–H groups in total. The van der Waals surface area contributed by atoms with Crippen LogP contribution in [0.15, 0.2) is 48.5 Å². The van der Waals surface area contributed by atoms with E-state index in [1.54, 1.807) is 18.2 Å². The van der Waals surface area contributed by atoms with Gasteiger partial charge >= 0.3 is 12.1 Å². The number of alkyl halides is 3. The highest BCUT2D eigenvalue weighted by Crippen LogP contribution is 2.46. The van der Waals surface area contributed by atoms with Crippen LogP contribution in [0.2, 0.25) is 5.02 Å². The number of carboxylic acid groups (broad SMARTS) is 1. The van der Waals surface area contributed by atoms with Crippen LogP contribution in [0.1, 0.15) is 27.0 Å². The van der Waals surface area contributed by atoms with E-state index in [0.29, 0.717) is 29.8 Å². The van der Waals surface area contributed by atoms with Gasteiger partial charge in [0.05, 0.1) is 38.5 Å². The molecule has 170 valence electrons. The predicted molar refractivity (Wildman–Crippen MR) is 114 cm³/mol. The van der Waals surface area contributed by atoms with Gasteiger partial charge in [0.2, 0.25) is 0 Å². The number of anilines is 2. The summed E-state index contributed by atoms with van der Waals surface area (Å²) in [5.41, 5.74) is 0.373. The third kappa shape index (κ3) is 4.56. The monoisotopic (exact) mass is 478 g/mol. The second-order valence-electron chi connectivity index (χ2n) is 7.30. The van der Waals surface area contributed by atoms with Crippen LogP contribution in [0.25, 0.3) is 0 Å². The topological polar surface area (TPSA) is 102 Å². The number of carbonyl (C=O) groups is 1. The lowest BCUT2D eigenvalue weighted by Crippen LogP contribution is -2.10. The molecule has 0 spiro atoms. The highest BCUT2D eigenvalue weighted by atomic mass is 35.5. The van der Waals surface area contributed by atoms with Gasteiger partial charge in [-0.2, -0.15) is 13.2 Å². The van der Waals surface area contributed by atoms with E-state index >= 15 is 0 Å². The minimum atomic E-state index is -4.52. The molecule has 1 heterocycles. The van der Waals surface area contributed by atoms with E-state index < -0.39 is 28.3 Å². The SMILES string of the molecule is O=C(O)c1cc([N+](=O)[O-])cc2c1Nc1ccc(CCc3ccc(C(F)(F)F)c(Cl)c3)cc1O2. The first-order valence-electron chi connectivity index (χ1n) is 9.52. The fraction of sp³-hybridized carbons (Fsp3) is 0.136. The van der Waals surface area contributed by atoms with Crippen molar-refractivity contribution in [1.29, 1.82) is 0 Å². The highest BCUT2D eigenvalue weighted by Gasteiger charge is 2.33. The van der Waals surface area contributed by atoms with Crippen LogP contribution in [0.4, 0.5) is 30.2 Å². The average Bonchev–Trinajstić information content (AvgIpc) is 2.74. The summed E-state index contributed by atoms with van der Waals surface area (Å²) < 4.78 is 44.3. The van der Waals surface area contributed by atoms with Crippen molar-refractivity contribution in [2.45, 2.75) is 19.0 Å². The fourth-order valence-electron chi connectivity index (χ4n) is 3.48. The summed E-state index contributed by atoms with van der Waals surface area (Å²) in [7, 11) is 0. The van der Waals surface area contributed by atoms with Crippen molar-refractivity contribution >= 4 is 34.6 Å². The minimum Gasteiger partial charge on any atom is -0.478 e. The van der Waals surface area contributed by atoms with Crippen molar-refractivity contribution in [1.82, 2.24) is 0 Å². The number of fused-ring (bicyclic) bond motifs is 2. The molecule has 3 aromatic carbocycles. The molecule has 11 heteroatoms.